The molecule has 2 aliphatic rings. The molecule has 1 aromatic heterocycles. The third kappa shape index (κ3) is 3.17. The molecular formula is C28H26N2O6. The number of aromatic hydroxyl groups is 2. The molecular weight excluding hydrogens is 460 g/mol. The van der Waals surface area contributed by atoms with Crippen molar-refractivity contribution in [2.75, 3.05) is 6.54 Å². The zero-order valence-electron chi connectivity index (χ0n) is 20.4. The van der Waals surface area contributed by atoms with E-state index in [0.717, 1.165) is 10.9 Å². The number of Topliss-reactive ketones (excluding diaryl/α,β-unsaturated/α-hetero) is 2. The minimum Gasteiger partial charge on any atom is -0.507 e. The van der Waals surface area contributed by atoms with Gasteiger partial charge in [0.1, 0.15) is 34.0 Å². The Hall–Kier alpha value is -4.33. The fourth-order valence-electron chi connectivity index (χ4n) is 5.15. The number of nitrogens with one attached hydrogen (secondary N) is 1. The fraction of sp³-hybridized carbons (Fsp3) is 0.250. The second-order valence-electron chi connectivity index (χ2n) is 9.38. The van der Waals surface area contributed by atoms with Gasteiger partial charge in [0, 0.05) is 42.1 Å². The summed E-state index contributed by atoms with van der Waals surface area (Å²) in [5.74, 6) is -2.39. The molecule has 1 unspecified atom stereocenters. The smallest absolute Gasteiger partial charge is 0.194 e. The first kappa shape index (κ1) is 23.4. The van der Waals surface area contributed by atoms with Gasteiger partial charge >= 0.3 is 0 Å². The molecule has 2 heterocycles. The van der Waals surface area contributed by atoms with E-state index in [0.29, 0.717) is 18.8 Å². The summed E-state index contributed by atoms with van der Waals surface area (Å²) in [7, 11) is 0. The van der Waals surface area contributed by atoms with Gasteiger partial charge in [-0.05, 0) is 45.2 Å². The minimum absolute atomic E-state index is 0.0191. The van der Waals surface area contributed by atoms with Crippen LogP contribution in [0.5, 0.6) is 17.2 Å². The average molecular weight is 487 g/mol. The van der Waals surface area contributed by atoms with E-state index in [4.69, 9.17) is 4.74 Å². The summed E-state index contributed by atoms with van der Waals surface area (Å²) in [6.45, 7) is 7.02. The van der Waals surface area contributed by atoms with Gasteiger partial charge in [0.2, 0.25) is 0 Å². The number of nitrogens with zero attached hydrogens (tertiary/aromatic N) is 1. The van der Waals surface area contributed by atoms with Crippen molar-refractivity contribution in [1.29, 1.82) is 0 Å². The number of rotatable bonds is 5. The van der Waals surface area contributed by atoms with Crippen LogP contribution in [-0.2, 0) is 21.5 Å². The Kier molecular flexibility index (Phi) is 5.28. The van der Waals surface area contributed by atoms with Crippen molar-refractivity contribution in [1.82, 2.24) is 9.88 Å². The Bertz CT molecular complexity index is 1560. The van der Waals surface area contributed by atoms with Crippen molar-refractivity contribution in [2.24, 2.45) is 0 Å². The Balaban J connectivity index is 1.51. The van der Waals surface area contributed by atoms with Crippen LogP contribution in [-0.4, -0.2) is 38.7 Å². The number of carbonyl (C=O) groups excluding carboxylic acids is 3. The zero-order valence-corrected chi connectivity index (χ0v) is 20.4. The number of benzene rings is 2. The highest BCUT2D eigenvalue weighted by Gasteiger charge is 2.56. The lowest BCUT2D eigenvalue weighted by atomic mass is 9.70. The van der Waals surface area contributed by atoms with Gasteiger partial charge in [-0.1, -0.05) is 18.2 Å². The molecule has 2 aromatic carbocycles. The largest absolute Gasteiger partial charge is 0.507 e. The molecule has 3 aromatic rings. The quantitative estimate of drug-likeness (QED) is 0.285. The standard InChI is InChI=1S/C28H26N2O6/c1-14-24(33)22(16(3)31)26-23(25(14)34)28(4)20(36-26)13-19(32)21(27(28)35)15(2)29-10-12-30-11-9-17-7-5-6-8-18(17)30/h5-9,11,13,29,33-34H,10,12H2,1-4H3. The third-order valence-corrected chi connectivity index (χ3v) is 7.18. The molecule has 0 fully saturated rings. The van der Waals surface area contributed by atoms with E-state index < -0.39 is 28.5 Å². The summed E-state index contributed by atoms with van der Waals surface area (Å²) in [6, 6.07) is 10.0. The van der Waals surface area contributed by atoms with Gasteiger partial charge in [-0.3, -0.25) is 14.4 Å². The number of phenolic OH excluding ortho intramolecular Hbond substituents is 2. The van der Waals surface area contributed by atoms with Gasteiger partial charge in [0.15, 0.2) is 17.3 Å². The van der Waals surface area contributed by atoms with Crippen molar-refractivity contribution in [2.45, 2.75) is 39.7 Å². The number of allylic oxidation sites excluding steroid dienone is 4. The van der Waals surface area contributed by atoms with Crippen LogP contribution in [0.3, 0.4) is 0 Å². The number of hydrogen-bond donors (Lipinski definition) is 3. The minimum atomic E-state index is -1.52. The summed E-state index contributed by atoms with van der Waals surface area (Å²) in [6.07, 6.45) is 3.21. The highest BCUT2D eigenvalue weighted by Crippen LogP contribution is 2.57. The van der Waals surface area contributed by atoms with Crippen LogP contribution >= 0.6 is 0 Å². The van der Waals surface area contributed by atoms with Crippen LogP contribution < -0.4 is 10.1 Å². The lowest BCUT2D eigenvalue weighted by Crippen LogP contribution is -2.41. The molecule has 1 aliphatic heterocycles. The molecule has 0 radical (unpaired) electrons. The normalized spacial score (nSPS) is 20.1. The molecule has 0 amide bonds. The van der Waals surface area contributed by atoms with Crippen LogP contribution in [0.1, 0.15) is 42.3 Å². The zero-order chi connectivity index (χ0) is 25.9. The van der Waals surface area contributed by atoms with Crippen LogP contribution in [0, 0.1) is 6.92 Å². The molecule has 1 atom stereocenters. The number of ether oxygens (including phenoxy) is 1. The summed E-state index contributed by atoms with van der Waals surface area (Å²) in [5.41, 5.74) is -0.0473. The number of aromatic nitrogens is 1. The van der Waals surface area contributed by atoms with Crippen LogP contribution in [0.4, 0.5) is 0 Å². The Morgan fingerprint density at radius 1 is 1.11 bits per heavy atom. The Labute approximate surface area is 207 Å². The predicted octanol–water partition coefficient (Wildman–Crippen LogP) is 3.81. The molecule has 8 nitrogen and oxygen atoms in total. The molecule has 3 N–H and O–H groups in total. The molecule has 0 saturated heterocycles. The van der Waals surface area contributed by atoms with E-state index in [2.05, 4.69) is 9.88 Å². The van der Waals surface area contributed by atoms with Crippen LogP contribution in [0.15, 0.2) is 59.6 Å². The topological polar surface area (TPSA) is 118 Å². The number of hydrogen-bond acceptors (Lipinski definition) is 7. The fourth-order valence-corrected chi connectivity index (χ4v) is 5.15. The number of phenols is 2. The molecule has 184 valence electrons. The van der Waals surface area contributed by atoms with Gasteiger partial charge in [-0.2, -0.15) is 0 Å². The maximum absolute atomic E-state index is 13.8. The van der Waals surface area contributed by atoms with E-state index in [9.17, 15) is 24.6 Å². The van der Waals surface area contributed by atoms with Gasteiger partial charge in [0.05, 0.1) is 11.1 Å². The summed E-state index contributed by atoms with van der Waals surface area (Å²) in [5, 5.41) is 25.7. The van der Waals surface area contributed by atoms with Crippen molar-refractivity contribution in [3.63, 3.8) is 0 Å². The molecule has 0 saturated carbocycles. The maximum atomic E-state index is 13.8. The predicted molar refractivity (Wildman–Crippen MR) is 133 cm³/mol. The number of carbonyl (C=O) groups is 3. The van der Waals surface area contributed by atoms with Gasteiger partial charge in [-0.15, -0.1) is 0 Å². The maximum Gasteiger partial charge on any atom is 0.194 e. The summed E-state index contributed by atoms with van der Waals surface area (Å²) < 4.78 is 7.88. The van der Waals surface area contributed by atoms with Crippen molar-refractivity contribution < 1.29 is 29.3 Å². The number of ketones is 3. The summed E-state index contributed by atoms with van der Waals surface area (Å²) in [4.78, 5) is 39.2. The van der Waals surface area contributed by atoms with E-state index >= 15 is 0 Å². The molecule has 0 bridgehead atoms. The molecule has 8 heteroatoms. The number of fused-ring (bicyclic) bond motifs is 4. The average Bonchev–Trinajstić information content (AvgIpc) is 3.37. The van der Waals surface area contributed by atoms with Gasteiger partial charge in [-0.25, -0.2) is 0 Å². The molecule has 0 spiro atoms. The highest BCUT2D eigenvalue weighted by atomic mass is 16.5. The van der Waals surface area contributed by atoms with E-state index in [1.165, 1.54) is 19.9 Å². The van der Waals surface area contributed by atoms with Crippen molar-refractivity contribution in [3.05, 3.63) is 76.3 Å². The molecule has 1 aliphatic carbocycles. The molecule has 5 rings (SSSR count). The SMILES string of the molecule is CC(=O)c1c(O)c(C)c(O)c2c1OC1=CC(=O)C(=C(C)NCCn3ccc4ccccc43)C(=O)C12C. The van der Waals surface area contributed by atoms with E-state index in [1.54, 1.807) is 13.8 Å². The monoisotopic (exact) mass is 486 g/mol. The van der Waals surface area contributed by atoms with Crippen LogP contribution in [0.2, 0.25) is 0 Å². The summed E-state index contributed by atoms with van der Waals surface area (Å²) >= 11 is 0. The van der Waals surface area contributed by atoms with Gasteiger partial charge < -0.3 is 24.8 Å². The Morgan fingerprint density at radius 3 is 2.56 bits per heavy atom. The lowest BCUT2D eigenvalue weighted by Gasteiger charge is -2.29. The lowest BCUT2D eigenvalue weighted by molar-refractivity contribution is -0.123. The molecule has 36 heavy (non-hydrogen) atoms. The third-order valence-electron chi connectivity index (χ3n) is 7.18. The van der Waals surface area contributed by atoms with E-state index in [-0.39, 0.29) is 39.5 Å². The van der Waals surface area contributed by atoms with E-state index in [1.807, 2.05) is 36.5 Å². The first-order chi connectivity index (χ1) is 17.1. The Morgan fingerprint density at radius 2 is 1.83 bits per heavy atom. The first-order valence-corrected chi connectivity index (χ1v) is 11.6. The number of para-hydroxylation sites is 1. The highest BCUT2D eigenvalue weighted by molar-refractivity contribution is 6.31. The van der Waals surface area contributed by atoms with Crippen molar-refractivity contribution >= 4 is 28.3 Å². The second-order valence-corrected chi connectivity index (χ2v) is 9.38. The second kappa shape index (κ2) is 8.12. The van der Waals surface area contributed by atoms with Crippen LogP contribution in [0.25, 0.3) is 10.9 Å². The first-order valence-electron chi connectivity index (χ1n) is 11.6. The van der Waals surface area contributed by atoms with Gasteiger partial charge in [0.25, 0.3) is 0 Å². The van der Waals surface area contributed by atoms with Crippen molar-refractivity contribution in [3.8, 4) is 17.2 Å².